The lowest BCUT2D eigenvalue weighted by Gasteiger charge is -2.43. The van der Waals surface area contributed by atoms with E-state index in [0.717, 1.165) is 56.4 Å². The zero-order chi connectivity index (χ0) is 34.1. The third-order valence-electron chi connectivity index (χ3n) is 10.1. The minimum absolute atomic E-state index is 0.0334. The van der Waals surface area contributed by atoms with Gasteiger partial charge in [0.2, 0.25) is 0 Å². The van der Waals surface area contributed by atoms with E-state index in [2.05, 4.69) is 32.7 Å². The molecule has 48 heavy (non-hydrogen) atoms. The number of methoxy groups -OCH3 is 1. The van der Waals surface area contributed by atoms with Crippen molar-refractivity contribution in [2.45, 2.75) is 76.1 Å². The Bertz CT molecular complexity index is 1740. The van der Waals surface area contributed by atoms with Crippen LogP contribution in [0.3, 0.4) is 0 Å². The molecule has 1 saturated heterocycles. The van der Waals surface area contributed by atoms with Gasteiger partial charge in [-0.1, -0.05) is 36.4 Å². The van der Waals surface area contributed by atoms with Gasteiger partial charge in [0.25, 0.3) is 5.91 Å². The molecule has 2 aromatic rings. The van der Waals surface area contributed by atoms with Crippen LogP contribution in [0.25, 0.3) is 0 Å². The quantitative estimate of drug-likeness (QED) is 0.393. The average molecular weight is 697 g/mol. The fourth-order valence-corrected chi connectivity index (χ4v) is 8.54. The summed E-state index contributed by atoms with van der Waals surface area (Å²) in [6, 6.07) is 10.5. The van der Waals surface area contributed by atoms with Crippen molar-refractivity contribution in [3.63, 3.8) is 0 Å². The summed E-state index contributed by atoms with van der Waals surface area (Å²) in [7, 11) is -2.24. The van der Waals surface area contributed by atoms with Crippen LogP contribution in [-0.2, 0) is 37.2 Å². The lowest BCUT2D eigenvalue weighted by molar-refractivity contribution is -0.137. The summed E-state index contributed by atoms with van der Waals surface area (Å²) in [6.07, 6.45) is 4.84. The minimum atomic E-state index is -3.82. The maximum Gasteiger partial charge on any atom is 0.330 e. The number of ether oxygens (including phenoxy) is 3. The fraction of sp³-hybridized carbons (Fsp3) is 0.556. The number of likely N-dealkylation sites (tertiary alicyclic amines) is 1. The molecule has 2 bridgehead atoms. The fourth-order valence-electron chi connectivity index (χ4n) is 6.74. The number of carbonyl (C=O) groups is 2. The molecule has 2 aromatic carbocycles. The molecular formula is C36H45ClN4O6S. The Labute approximate surface area is 289 Å². The molecule has 1 saturated carbocycles. The first-order valence-electron chi connectivity index (χ1n) is 16.8. The summed E-state index contributed by atoms with van der Waals surface area (Å²) in [5.41, 5.74) is 1.56. The van der Waals surface area contributed by atoms with Crippen molar-refractivity contribution in [1.82, 2.24) is 9.62 Å². The molecule has 6 rings (SSSR count). The van der Waals surface area contributed by atoms with Gasteiger partial charge in [-0.25, -0.2) is 13.7 Å². The van der Waals surface area contributed by atoms with Crippen LogP contribution < -0.4 is 14.4 Å². The number of urea groups is 1. The molecule has 0 aromatic heterocycles. The molecule has 0 radical (unpaired) electrons. The normalized spacial score (nSPS) is 27.6. The lowest BCUT2D eigenvalue weighted by atomic mass is 9.67. The summed E-state index contributed by atoms with van der Waals surface area (Å²) < 4.78 is 39.5. The molecule has 4 atom stereocenters. The third kappa shape index (κ3) is 7.47. The Morgan fingerprint density at radius 2 is 1.94 bits per heavy atom. The van der Waals surface area contributed by atoms with Gasteiger partial charge in [0.1, 0.15) is 24.6 Å². The Morgan fingerprint density at radius 3 is 2.69 bits per heavy atom. The Morgan fingerprint density at radius 1 is 1.12 bits per heavy atom. The second-order valence-corrected chi connectivity index (χ2v) is 16.1. The van der Waals surface area contributed by atoms with Gasteiger partial charge in [0.15, 0.2) is 9.92 Å². The summed E-state index contributed by atoms with van der Waals surface area (Å²) in [4.78, 5) is 31.0. The van der Waals surface area contributed by atoms with E-state index in [-0.39, 0.29) is 23.5 Å². The Balaban J connectivity index is 1.45. The van der Waals surface area contributed by atoms with Crippen LogP contribution in [0, 0.1) is 29.6 Å². The highest BCUT2D eigenvalue weighted by atomic mass is 35.5. The highest BCUT2D eigenvalue weighted by Gasteiger charge is 2.38. The number of fused-ring (bicyclic) bond motifs is 3. The van der Waals surface area contributed by atoms with Crippen molar-refractivity contribution in [3.05, 3.63) is 52.5 Å². The van der Waals surface area contributed by atoms with Crippen LogP contribution in [0.4, 0.5) is 10.5 Å². The van der Waals surface area contributed by atoms with Gasteiger partial charge in [-0.15, -0.1) is 4.36 Å². The number of nitrogens with one attached hydrogen (secondary N) is 1. The predicted molar refractivity (Wildman–Crippen MR) is 185 cm³/mol. The first-order chi connectivity index (χ1) is 23.0. The predicted octanol–water partition coefficient (Wildman–Crippen LogP) is 5.84. The van der Waals surface area contributed by atoms with E-state index >= 15 is 0 Å². The second kappa shape index (κ2) is 14.3. The van der Waals surface area contributed by atoms with Crippen LogP contribution in [-0.4, -0.2) is 72.6 Å². The van der Waals surface area contributed by atoms with Gasteiger partial charge < -0.3 is 24.0 Å². The second-order valence-electron chi connectivity index (χ2n) is 13.7. The molecule has 2 fully saturated rings. The van der Waals surface area contributed by atoms with E-state index in [1.807, 2.05) is 18.2 Å². The average Bonchev–Trinajstić information content (AvgIpc) is 3.03. The summed E-state index contributed by atoms with van der Waals surface area (Å²) in [6.45, 7) is 7.89. The number of anilines is 1. The molecule has 258 valence electrons. The van der Waals surface area contributed by atoms with E-state index in [1.54, 1.807) is 39.2 Å². The van der Waals surface area contributed by atoms with Crippen molar-refractivity contribution in [2.75, 3.05) is 44.8 Å². The molecular weight excluding hydrogens is 652 g/mol. The van der Waals surface area contributed by atoms with Crippen LogP contribution in [0.1, 0.15) is 57.6 Å². The Kier molecular flexibility index (Phi) is 10.3. The van der Waals surface area contributed by atoms with Crippen LogP contribution in [0.5, 0.6) is 5.75 Å². The highest BCUT2D eigenvalue weighted by Crippen LogP contribution is 2.42. The van der Waals surface area contributed by atoms with E-state index in [0.29, 0.717) is 42.3 Å². The SMILES string of the molecule is COC1CN(C(=O)NS2(=O)=NC(=O)C(C)(C)OCC#C[C@H](C)[C@@H]3CC[C@H]3CN3CCCCc4cc(Cl)ccc4COc4ccc2cc43)C1. The maximum atomic E-state index is 14.9. The van der Waals surface area contributed by atoms with Crippen LogP contribution in [0.15, 0.2) is 45.7 Å². The number of hydrogen-bond acceptors (Lipinski definition) is 7. The smallest absolute Gasteiger partial charge is 0.330 e. The number of benzene rings is 2. The number of carbonyl (C=O) groups excluding carboxylic acids is 2. The first kappa shape index (κ1) is 34.6. The molecule has 1 N–H and O–H groups in total. The van der Waals surface area contributed by atoms with Gasteiger partial charge in [-0.2, -0.15) is 0 Å². The number of halogens is 1. The van der Waals surface area contributed by atoms with Crippen molar-refractivity contribution in [3.8, 4) is 17.6 Å². The van der Waals surface area contributed by atoms with Crippen molar-refractivity contribution < 1.29 is 28.0 Å². The first-order valence-corrected chi connectivity index (χ1v) is 18.7. The topological polar surface area (TPSA) is 110 Å². The highest BCUT2D eigenvalue weighted by molar-refractivity contribution is 7.92. The summed E-state index contributed by atoms with van der Waals surface area (Å²) >= 11 is 6.37. The van der Waals surface area contributed by atoms with E-state index < -0.39 is 27.5 Å². The van der Waals surface area contributed by atoms with E-state index in [9.17, 15) is 13.8 Å². The monoisotopic (exact) mass is 696 g/mol. The zero-order valence-corrected chi connectivity index (χ0v) is 29.7. The molecule has 1 aliphatic carbocycles. The standard InChI is InChI=1S/C36H45ClN4O6S/c1-24-8-7-17-47-36(2,3)34(42)38-48(44,39-35(43)41-21-29(22-41)45-4)30-13-15-33-32(19-30)40(20-26-11-14-31(24)26)16-6-5-9-25-18-28(37)12-10-27(25)23-46-33/h10,12-13,15,18-19,24,26,29,31H,5-6,9,11,14,16-17,20-23H2,1-4H3,(H,38,39,42,43,44)/t24-,26-,31-,48?/m0/s1. The van der Waals surface area contributed by atoms with Crippen LogP contribution in [0.2, 0.25) is 5.02 Å². The van der Waals surface area contributed by atoms with Crippen molar-refractivity contribution >= 4 is 39.1 Å². The Hall–Kier alpha value is -3.30. The number of amides is 3. The molecule has 4 aliphatic rings. The van der Waals surface area contributed by atoms with Crippen molar-refractivity contribution in [2.24, 2.45) is 22.1 Å². The molecule has 3 heterocycles. The zero-order valence-electron chi connectivity index (χ0n) is 28.1. The van der Waals surface area contributed by atoms with Crippen LogP contribution >= 0.6 is 11.6 Å². The largest absolute Gasteiger partial charge is 0.487 e. The number of rotatable bonds is 2. The molecule has 10 nitrogen and oxygen atoms in total. The number of hydrogen-bond donors (Lipinski definition) is 1. The van der Waals surface area contributed by atoms with E-state index in [4.69, 9.17) is 25.8 Å². The summed E-state index contributed by atoms with van der Waals surface area (Å²) in [5, 5.41) is 0.701. The molecule has 0 spiro atoms. The van der Waals surface area contributed by atoms with Gasteiger partial charge in [-0.3, -0.25) is 4.79 Å². The molecule has 12 heteroatoms. The molecule has 3 amide bonds. The van der Waals surface area contributed by atoms with Gasteiger partial charge in [0.05, 0.1) is 29.8 Å². The molecule has 3 aliphatic heterocycles. The van der Waals surface area contributed by atoms with Gasteiger partial charge in [-0.05, 0) is 99.2 Å². The third-order valence-corrected chi connectivity index (χ3v) is 12.1. The lowest BCUT2D eigenvalue weighted by Crippen LogP contribution is -2.58. The van der Waals surface area contributed by atoms with Gasteiger partial charge >= 0.3 is 6.03 Å². The summed E-state index contributed by atoms with van der Waals surface area (Å²) in [5.74, 6) is 7.32. The minimum Gasteiger partial charge on any atom is -0.487 e. The number of nitrogens with zero attached hydrogens (tertiary/aromatic N) is 3. The molecule has 1 unspecified atom stereocenters. The van der Waals surface area contributed by atoms with Gasteiger partial charge in [0, 0.05) is 31.1 Å². The van der Waals surface area contributed by atoms with Crippen molar-refractivity contribution in [1.29, 1.82) is 0 Å². The maximum absolute atomic E-state index is 14.9. The van der Waals surface area contributed by atoms with E-state index in [1.165, 1.54) is 10.5 Å². The number of aryl methyl sites for hydroxylation is 1.